The third-order valence-corrected chi connectivity index (χ3v) is 8.76. The molecule has 0 bridgehead atoms. The van der Waals surface area contributed by atoms with Gasteiger partial charge in [-0.25, -0.2) is 0 Å². The maximum atomic E-state index is 13.8. The van der Waals surface area contributed by atoms with E-state index in [1.165, 1.54) is 0 Å². The van der Waals surface area contributed by atoms with Gasteiger partial charge in [0.25, 0.3) is 5.91 Å². The number of rotatable bonds is 7. The molecule has 3 atom stereocenters. The molecule has 212 valence electrons. The van der Waals surface area contributed by atoms with Crippen LogP contribution in [0, 0.1) is 11.8 Å². The van der Waals surface area contributed by atoms with Crippen LogP contribution < -0.4 is 10.2 Å². The van der Waals surface area contributed by atoms with Crippen molar-refractivity contribution >= 4 is 29.2 Å². The number of carbonyl (C=O) groups excluding carboxylic acids is 4. The average molecular weight is 539 g/mol. The predicted octanol–water partition coefficient (Wildman–Crippen LogP) is 2.63. The molecule has 1 N–H and O–H groups in total. The van der Waals surface area contributed by atoms with E-state index in [2.05, 4.69) is 10.2 Å². The van der Waals surface area contributed by atoms with E-state index in [0.29, 0.717) is 38.2 Å². The molecule has 9 heteroatoms. The van der Waals surface area contributed by atoms with Crippen LogP contribution in [0.25, 0.3) is 0 Å². The molecule has 0 spiro atoms. The second-order valence-corrected chi connectivity index (χ2v) is 11.9. The molecule has 3 heterocycles. The van der Waals surface area contributed by atoms with E-state index in [9.17, 15) is 19.2 Å². The second kappa shape index (κ2) is 12.1. The van der Waals surface area contributed by atoms with Crippen LogP contribution in [0.1, 0.15) is 69.2 Å². The Morgan fingerprint density at radius 3 is 2.31 bits per heavy atom. The predicted molar refractivity (Wildman–Crippen MR) is 147 cm³/mol. The molecule has 1 aromatic rings. The molecule has 1 aromatic carbocycles. The number of hydrogen-bond donors (Lipinski definition) is 1. The maximum absolute atomic E-state index is 13.8. The van der Waals surface area contributed by atoms with Crippen molar-refractivity contribution in [3.05, 3.63) is 29.8 Å². The maximum Gasteiger partial charge on any atom is 0.251 e. The number of fused-ring (bicyclic) bond motifs is 1. The molecule has 3 unspecified atom stereocenters. The number of nitrogens with one attached hydrogen (secondary N) is 1. The summed E-state index contributed by atoms with van der Waals surface area (Å²) in [5.41, 5.74) is 1.54. The standard InChI is InChI=1S/C30H42N4O5/c1-20(2)18-24(31-28(36)21-8-10-23(11-9-21)32-14-16-39-17-15-32)30(38)33-13-12-25-27(33)26(35)19-34(25)29(37)22-6-4-3-5-7-22/h8-11,20,22,24-25,27H,3-7,12-19H2,1-2H3,(H,31,36). The number of benzene rings is 1. The summed E-state index contributed by atoms with van der Waals surface area (Å²) < 4.78 is 5.42. The Kier molecular flexibility index (Phi) is 8.54. The number of nitrogens with zero attached hydrogens (tertiary/aromatic N) is 3. The van der Waals surface area contributed by atoms with Gasteiger partial charge < -0.3 is 24.8 Å². The summed E-state index contributed by atoms with van der Waals surface area (Å²) in [6, 6.07) is 5.85. The van der Waals surface area contributed by atoms with Crippen molar-refractivity contribution in [2.75, 3.05) is 44.3 Å². The van der Waals surface area contributed by atoms with Gasteiger partial charge in [0.1, 0.15) is 12.1 Å². The van der Waals surface area contributed by atoms with Gasteiger partial charge in [0.2, 0.25) is 11.8 Å². The van der Waals surface area contributed by atoms with Crippen molar-refractivity contribution < 1.29 is 23.9 Å². The zero-order valence-electron chi connectivity index (χ0n) is 23.3. The zero-order valence-corrected chi connectivity index (χ0v) is 23.3. The fourth-order valence-electron chi connectivity index (χ4n) is 6.72. The number of carbonyl (C=O) groups is 4. The highest BCUT2D eigenvalue weighted by atomic mass is 16.5. The monoisotopic (exact) mass is 538 g/mol. The highest BCUT2D eigenvalue weighted by Crippen LogP contribution is 2.34. The Labute approximate surface area is 231 Å². The number of hydrogen-bond acceptors (Lipinski definition) is 6. The van der Waals surface area contributed by atoms with Crippen LogP contribution in [-0.2, 0) is 19.1 Å². The van der Waals surface area contributed by atoms with Gasteiger partial charge >= 0.3 is 0 Å². The van der Waals surface area contributed by atoms with Crippen LogP contribution in [0.15, 0.2) is 24.3 Å². The lowest BCUT2D eigenvalue weighted by Gasteiger charge is -2.30. The van der Waals surface area contributed by atoms with Crippen LogP contribution in [-0.4, -0.2) is 90.8 Å². The summed E-state index contributed by atoms with van der Waals surface area (Å²) in [7, 11) is 0. The zero-order chi connectivity index (χ0) is 27.5. The van der Waals surface area contributed by atoms with Gasteiger partial charge in [-0.1, -0.05) is 33.1 Å². The molecule has 0 radical (unpaired) electrons. The molecule has 3 saturated heterocycles. The van der Waals surface area contributed by atoms with E-state index in [1.54, 1.807) is 21.9 Å². The van der Waals surface area contributed by atoms with Gasteiger partial charge in [0.15, 0.2) is 5.78 Å². The number of ketones is 1. The first-order valence-corrected chi connectivity index (χ1v) is 14.7. The Bertz CT molecular complexity index is 1060. The van der Waals surface area contributed by atoms with E-state index in [1.807, 2.05) is 26.0 Å². The number of likely N-dealkylation sites (tertiary alicyclic amines) is 2. The SMILES string of the molecule is CC(C)CC(NC(=O)c1ccc(N2CCOCC2)cc1)C(=O)N1CCC2C1C(=O)CN2C(=O)C1CCCCC1. The Balaban J connectivity index is 1.25. The van der Waals surface area contributed by atoms with Gasteiger partial charge in [-0.15, -0.1) is 0 Å². The Hall–Kier alpha value is -2.94. The molecular weight excluding hydrogens is 496 g/mol. The highest BCUT2D eigenvalue weighted by molar-refractivity contribution is 6.01. The number of Topliss-reactive ketones (excluding diaryl/α,β-unsaturated/α-hetero) is 1. The van der Waals surface area contributed by atoms with Gasteiger partial charge in [0, 0.05) is 36.8 Å². The number of ether oxygens (including phenoxy) is 1. The summed E-state index contributed by atoms with van der Waals surface area (Å²) in [6.45, 7) is 7.55. The summed E-state index contributed by atoms with van der Waals surface area (Å²) in [4.78, 5) is 59.0. The van der Waals surface area contributed by atoms with Crippen molar-refractivity contribution in [1.29, 1.82) is 0 Å². The van der Waals surface area contributed by atoms with E-state index < -0.39 is 12.1 Å². The van der Waals surface area contributed by atoms with Crippen LogP contribution in [0.4, 0.5) is 5.69 Å². The number of morpholine rings is 1. The first-order chi connectivity index (χ1) is 18.8. The van der Waals surface area contributed by atoms with Crippen LogP contribution in [0.3, 0.4) is 0 Å². The molecule has 4 aliphatic rings. The molecule has 1 aliphatic carbocycles. The minimum absolute atomic E-state index is 0.00216. The van der Waals surface area contributed by atoms with Gasteiger partial charge in [-0.3, -0.25) is 19.2 Å². The largest absolute Gasteiger partial charge is 0.378 e. The summed E-state index contributed by atoms with van der Waals surface area (Å²) in [5.74, 6) is -0.344. The lowest BCUT2D eigenvalue weighted by atomic mass is 9.88. The Morgan fingerprint density at radius 1 is 0.949 bits per heavy atom. The normalized spacial score (nSPS) is 24.7. The first kappa shape index (κ1) is 27.6. The van der Waals surface area contributed by atoms with Crippen LogP contribution >= 0.6 is 0 Å². The van der Waals surface area contributed by atoms with E-state index in [4.69, 9.17) is 4.74 Å². The Morgan fingerprint density at radius 2 is 1.64 bits per heavy atom. The second-order valence-electron chi connectivity index (χ2n) is 11.9. The molecule has 9 nitrogen and oxygen atoms in total. The molecular formula is C30H42N4O5. The number of amides is 3. The molecule has 0 aromatic heterocycles. The average Bonchev–Trinajstić information content (AvgIpc) is 3.54. The van der Waals surface area contributed by atoms with Crippen molar-refractivity contribution in [2.45, 2.75) is 76.9 Å². The van der Waals surface area contributed by atoms with E-state index in [0.717, 1.165) is 50.9 Å². The fourth-order valence-corrected chi connectivity index (χ4v) is 6.72. The van der Waals surface area contributed by atoms with Crippen LogP contribution in [0.5, 0.6) is 0 Å². The smallest absolute Gasteiger partial charge is 0.251 e. The molecule has 1 saturated carbocycles. The van der Waals surface area contributed by atoms with Crippen molar-refractivity contribution in [3.8, 4) is 0 Å². The van der Waals surface area contributed by atoms with E-state index >= 15 is 0 Å². The minimum atomic E-state index is -0.730. The third-order valence-electron chi connectivity index (χ3n) is 8.76. The van der Waals surface area contributed by atoms with Crippen molar-refractivity contribution in [1.82, 2.24) is 15.1 Å². The molecule has 4 fully saturated rings. The quantitative estimate of drug-likeness (QED) is 0.573. The minimum Gasteiger partial charge on any atom is -0.378 e. The van der Waals surface area contributed by atoms with Gasteiger partial charge in [0.05, 0.1) is 25.8 Å². The summed E-state index contributed by atoms with van der Waals surface area (Å²) in [6.07, 6.45) is 6.14. The fraction of sp³-hybridized carbons (Fsp3) is 0.667. The van der Waals surface area contributed by atoms with E-state index in [-0.39, 0.29) is 47.9 Å². The first-order valence-electron chi connectivity index (χ1n) is 14.7. The molecule has 3 amide bonds. The summed E-state index contributed by atoms with van der Waals surface area (Å²) >= 11 is 0. The van der Waals surface area contributed by atoms with Crippen molar-refractivity contribution in [2.24, 2.45) is 11.8 Å². The lowest BCUT2D eigenvalue weighted by Crippen LogP contribution is -2.53. The lowest BCUT2D eigenvalue weighted by molar-refractivity contribution is -0.138. The topological polar surface area (TPSA) is 99.3 Å². The van der Waals surface area contributed by atoms with Gasteiger partial charge in [-0.05, 0) is 55.9 Å². The summed E-state index contributed by atoms with van der Waals surface area (Å²) in [5, 5.41) is 2.97. The van der Waals surface area contributed by atoms with Crippen molar-refractivity contribution in [3.63, 3.8) is 0 Å². The third kappa shape index (κ3) is 5.98. The number of anilines is 1. The van der Waals surface area contributed by atoms with Gasteiger partial charge in [-0.2, -0.15) is 0 Å². The molecule has 5 rings (SSSR count). The molecule has 39 heavy (non-hydrogen) atoms. The molecule has 3 aliphatic heterocycles. The van der Waals surface area contributed by atoms with Crippen LogP contribution in [0.2, 0.25) is 0 Å². The highest BCUT2D eigenvalue weighted by Gasteiger charge is 2.52.